The van der Waals surface area contributed by atoms with Crippen molar-refractivity contribution in [1.29, 1.82) is 0 Å². The van der Waals surface area contributed by atoms with E-state index in [0.29, 0.717) is 6.61 Å². The molecule has 0 atom stereocenters. The highest BCUT2D eigenvalue weighted by Crippen LogP contribution is 2.33. The lowest BCUT2D eigenvalue weighted by atomic mass is 10.1. The zero-order valence-electron chi connectivity index (χ0n) is 19.4. The number of oxime groups is 1. The number of benzene rings is 3. The Labute approximate surface area is 194 Å². The maximum Gasteiger partial charge on any atom is 0.145 e. The van der Waals surface area contributed by atoms with Crippen LogP contribution in [0.5, 0.6) is 11.5 Å². The second-order valence-electron chi connectivity index (χ2n) is 7.66. The number of hydrogen-bond donors (Lipinski definition) is 0. The van der Waals surface area contributed by atoms with Crippen LogP contribution >= 0.6 is 0 Å². The minimum absolute atomic E-state index is 0.333. The summed E-state index contributed by atoms with van der Waals surface area (Å²) in [5.41, 5.74) is 6.97. The Kier molecular flexibility index (Phi) is 6.79. The van der Waals surface area contributed by atoms with Gasteiger partial charge in [-0.15, -0.1) is 0 Å². The average Bonchev–Trinajstić information content (AvgIpc) is 3.21. The van der Waals surface area contributed by atoms with Crippen molar-refractivity contribution in [2.75, 3.05) is 14.2 Å². The number of ether oxygens (including phenoxy) is 2. The van der Waals surface area contributed by atoms with Gasteiger partial charge >= 0.3 is 0 Å². The van der Waals surface area contributed by atoms with E-state index in [4.69, 9.17) is 14.3 Å². The van der Waals surface area contributed by atoms with Gasteiger partial charge in [0.25, 0.3) is 0 Å². The number of hydrogen-bond acceptors (Lipinski definition) is 4. The first-order valence-corrected chi connectivity index (χ1v) is 10.8. The summed E-state index contributed by atoms with van der Waals surface area (Å²) >= 11 is 0. The summed E-state index contributed by atoms with van der Waals surface area (Å²) in [6.07, 6.45) is 0. The molecule has 0 unspecified atom stereocenters. The second kappa shape index (κ2) is 10.1. The van der Waals surface area contributed by atoms with E-state index in [1.165, 1.54) is 0 Å². The SMILES string of the molecule is COc1ccccc1CO/N=C(/C)c1cc(-c2ccccc2)n(-c2ccccc2OC)c1C. The minimum atomic E-state index is 0.333. The molecule has 0 aliphatic carbocycles. The van der Waals surface area contributed by atoms with Crippen LogP contribution in [0, 0.1) is 6.92 Å². The maximum atomic E-state index is 5.71. The lowest BCUT2D eigenvalue weighted by molar-refractivity contribution is 0.128. The van der Waals surface area contributed by atoms with E-state index in [9.17, 15) is 0 Å². The summed E-state index contributed by atoms with van der Waals surface area (Å²) in [6.45, 7) is 4.39. The fourth-order valence-corrected chi connectivity index (χ4v) is 3.99. The average molecular weight is 441 g/mol. The van der Waals surface area contributed by atoms with Crippen molar-refractivity contribution in [1.82, 2.24) is 4.57 Å². The molecule has 0 aliphatic heterocycles. The highest BCUT2D eigenvalue weighted by molar-refractivity contribution is 6.01. The molecule has 0 bridgehead atoms. The molecule has 33 heavy (non-hydrogen) atoms. The molecule has 0 fully saturated rings. The van der Waals surface area contributed by atoms with E-state index in [-0.39, 0.29) is 0 Å². The van der Waals surface area contributed by atoms with Gasteiger partial charge in [-0.05, 0) is 43.7 Å². The van der Waals surface area contributed by atoms with E-state index < -0.39 is 0 Å². The minimum Gasteiger partial charge on any atom is -0.496 e. The predicted molar refractivity (Wildman–Crippen MR) is 132 cm³/mol. The van der Waals surface area contributed by atoms with Gasteiger partial charge in [0.05, 0.1) is 31.3 Å². The van der Waals surface area contributed by atoms with Crippen LogP contribution in [0.15, 0.2) is 90.1 Å². The first kappa shape index (κ1) is 22.2. The van der Waals surface area contributed by atoms with E-state index >= 15 is 0 Å². The maximum absolute atomic E-state index is 5.71. The van der Waals surface area contributed by atoms with E-state index in [1.807, 2.05) is 67.6 Å². The smallest absolute Gasteiger partial charge is 0.145 e. The fraction of sp³-hybridized carbons (Fsp3) is 0.179. The summed E-state index contributed by atoms with van der Waals surface area (Å²) in [7, 11) is 3.35. The molecule has 1 heterocycles. The molecule has 0 amide bonds. The van der Waals surface area contributed by atoms with Gasteiger partial charge in [0.15, 0.2) is 0 Å². The molecule has 0 saturated heterocycles. The first-order valence-electron chi connectivity index (χ1n) is 10.8. The van der Waals surface area contributed by atoms with Crippen molar-refractivity contribution in [3.8, 4) is 28.4 Å². The number of aromatic nitrogens is 1. The molecular formula is C28H28N2O3. The Bertz CT molecular complexity index is 1260. The normalized spacial score (nSPS) is 11.3. The van der Waals surface area contributed by atoms with Gasteiger partial charge in [-0.3, -0.25) is 0 Å². The lowest BCUT2D eigenvalue weighted by Gasteiger charge is -2.15. The number of methoxy groups -OCH3 is 2. The third kappa shape index (κ3) is 4.62. The third-order valence-corrected chi connectivity index (χ3v) is 5.65. The Morgan fingerprint density at radius 1 is 0.818 bits per heavy atom. The first-order chi connectivity index (χ1) is 16.1. The molecule has 0 aliphatic rings. The highest BCUT2D eigenvalue weighted by Gasteiger charge is 2.19. The Balaban J connectivity index is 1.73. The molecule has 4 rings (SSSR count). The topological polar surface area (TPSA) is 45.0 Å². The monoisotopic (exact) mass is 440 g/mol. The van der Waals surface area contributed by atoms with Crippen LogP contribution in [0.4, 0.5) is 0 Å². The fourth-order valence-electron chi connectivity index (χ4n) is 3.99. The largest absolute Gasteiger partial charge is 0.496 e. The van der Waals surface area contributed by atoms with Crippen LogP contribution in [0.25, 0.3) is 16.9 Å². The molecule has 0 radical (unpaired) electrons. The van der Waals surface area contributed by atoms with Crippen molar-refractivity contribution in [3.05, 3.63) is 102 Å². The van der Waals surface area contributed by atoms with Gasteiger partial charge in [-0.25, -0.2) is 0 Å². The van der Waals surface area contributed by atoms with Crippen molar-refractivity contribution in [2.24, 2.45) is 5.16 Å². The molecule has 4 aromatic rings. The van der Waals surface area contributed by atoms with Crippen molar-refractivity contribution in [3.63, 3.8) is 0 Å². The van der Waals surface area contributed by atoms with Crippen LogP contribution < -0.4 is 9.47 Å². The molecule has 0 N–H and O–H groups in total. The van der Waals surface area contributed by atoms with Crippen LogP contribution in [0.2, 0.25) is 0 Å². The van der Waals surface area contributed by atoms with Gasteiger partial charge in [-0.2, -0.15) is 0 Å². The second-order valence-corrected chi connectivity index (χ2v) is 7.66. The zero-order chi connectivity index (χ0) is 23.2. The molecule has 5 nitrogen and oxygen atoms in total. The van der Waals surface area contributed by atoms with E-state index in [0.717, 1.165) is 51.0 Å². The summed E-state index contributed by atoms with van der Waals surface area (Å²) < 4.78 is 13.3. The summed E-state index contributed by atoms with van der Waals surface area (Å²) in [5.74, 6) is 1.59. The van der Waals surface area contributed by atoms with Crippen molar-refractivity contribution < 1.29 is 14.3 Å². The third-order valence-electron chi connectivity index (χ3n) is 5.65. The highest BCUT2D eigenvalue weighted by atomic mass is 16.6. The summed E-state index contributed by atoms with van der Waals surface area (Å²) in [6, 6.07) is 28.3. The summed E-state index contributed by atoms with van der Waals surface area (Å²) in [5, 5.41) is 4.43. The predicted octanol–water partition coefficient (Wildman–Crippen LogP) is 6.41. The molecular weight excluding hydrogens is 412 g/mol. The molecule has 168 valence electrons. The lowest BCUT2D eigenvalue weighted by Crippen LogP contribution is -2.04. The Hall–Kier alpha value is -3.99. The van der Waals surface area contributed by atoms with E-state index in [1.54, 1.807) is 14.2 Å². The van der Waals surface area contributed by atoms with Gasteiger partial charge in [0, 0.05) is 16.8 Å². The molecule has 0 spiro atoms. The van der Waals surface area contributed by atoms with Crippen LogP contribution in [-0.4, -0.2) is 24.5 Å². The molecule has 1 aromatic heterocycles. The number of rotatable bonds is 8. The van der Waals surface area contributed by atoms with Crippen molar-refractivity contribution in [2.45, 2.75) is 20.5 Å². The Morgan fingerprint density at radius 3 is 2.18 bits per heavy atom. The Morgan fingerprint density at radius 2 is 1.45 bits per heavy atom. The zero-order valence-corrected chi connectivity index (χ0v) is 19.4. The molecule has 5 heteroatoms. The number of nitrogens with zero attached hydrogens (tertiary/aromatic N) is 2. The molecule has 3 aromatic carbocycles. The number of para-hydroxylation sites is 3. The standard InChI is InChI=1S/C28H28N2O3/c1-20(29-33-19-23-14-8-10-16-27(23)31-3)24-18-26(22-12-6-5-7-13-22)30(21(24)2)25-15-9-11-17-28(25)32-4/h5-18H,19H2,1-4H3/b29-20-. The van der Waals surface area contributed by atoms with Crippen LogP contribution in [0.1, 0.15) is 23.7 Å². The van der Waals surface area contributed by atoms with Crippen LogP contribution in [-0.2, 0) is 11.4 Å². The van der Waals surface area contributed by atoms with Gasteiger partial charge < -0.3 is 18.9 Å². The van der Waals surface area contributed by atoms with Gasteiger partial charge in [0.2, 0.25) is 0 Å². The van der Waals surface area contributed by atoms with Crippen molar-refractivity contribution >= 4 is 5.71 Å². The van der Waals surface area contributed by atoms with Crippen LogP contribution in [0.3, 0.4) is 0 Å². The van der Waals surface area contributed by atoms with Gasteiger partial charge in [-0.1, -0.05) is 65.8 Å². The van der Waals surface area contributed by atoms with Gasteiger partial charge in [0.1, 0.15) is 18.1 Å². The quantitative estimate of drug-likeness (QED) is 0.235. The van der Waals surface area contributed by atoms with E-state index in [2.05, 4.69) is 40.9 Å². The molecule has 0 saturated carbocycles. The summed E-state index contributed by atoms with van der Waals surface area (Å²) in [4.78, 5) is 5.71.